The number of imidazole rings is 1. The van der Waals surface area contributed by atoms with Crippen LogP contribution in [0.4, 0.5) is 0 Å². The van der Waals surface area contributed by atoms with E-state index in [1.165, 1.54) is 6.33 Å². The van der Waals surface area contributed by atoms with Crippen LogP contribution in [0.3, 0.4) is 0 Å². The molecule has 1 amide bonds. The maximum Gasteiger partial charge on any atom is 0.330 e. The summed E-state index contributed by atoms with van der Waals surface area (Å²) in [5.74, 6) is -0.921. The van der Waals surface area contributed by atoms with Gasteiger partial charge in [-0.05, 0) is 47.9 Å². The molecule has 3 heterocycles. The number of fused-ring (bicyclic) bond motifs is 1. The van der Waals surface area contributed by atoms with Crippen LogP contribution in [0.2, 0.25) is 0 Å². The lowest BCUT2D eigenvalue weighted by molar-refractivity contribution is -0.150. The summed E-state index contributed by atoms with van der Waals surface area (Å²) in [6.07, 6.45) is 5.53. The molecule has 0 saturated carbocycles. The van der Waals surface area contributed by atoms with Crippen molar-refractivity contribution in [3.8, 4) is 0 Å². The zero-order valence-corrected chi connectivity index (χ0v) is 14.3. The molecule has 3 aromatic rings. The summed E-state index contributed by atoms with van der Waals surface area (Å²) >= 11 is 1.65. The quantitative estimate of drug-likeness (QED) is 0.784. The second kappa shape index (κ2) is 6.00. The number of carboxylic acids is 1. The van der Waals surface area contributed by atoms with Crippen LogP contribution in [-0.2, 0) is 10.3 Å². The molecule has 1 aromatic carbocycles. The highest BCUT2D eigenvalue weighted by atomic mass is 32.1. The molecular formula is C18H17N3O3S. The number of hydrogen-bond acceptors (Lipinski definition) is 4. The van der Waals surface area contributed by atoms with Crippen molar-refractivity contribution < 1.29 is 14.7 Å². The Morgan fingerprint density at radius 3 is 2.68 bits per heavy atom. The van der Waals surface area contributed by atoms with Gasteiger partial charge in [-0.3, -0.25) is 4.79 Å². The minimum atomic E-state index is -1.02. The van der Waals surface area contributed by atoms with Crippen molar-refractivity contribution in [2.24, 2.45) is 0 Å². The molecule has 0 radical (unpaired) electrons. The predicted molar refractivity (Wildman–Crippen MR) is 94.8 cm³/mol. The van der Waals surface area contributed by atoms with Crippen LogP contribution >= 0.6 is 11.3 Å². The molecule has 1 aliphatic heterocycles. The topological polar surface area (TPSA) is 75.4 Å². The molecule has 0 aliphatic carbocycles. The number of nitrogens with zero attached hydrogens (tertiary/aromatic N) is 3. The number of carboxylic acid groups (broad SMARTS) is 1. The highest BCUT2D eigenvalue weighted by Crippen LogP contribution is 2.31. The third kappa shape index (κ3) is 2.60. The van der Waals surface area contributed by atoms with E-state index in [1.807, 2.05) is 29.6 Å². The first-order valence-electron chi connectivity index (χ1n) is 8.08. The number of carbonyl (C=O) groups is 2. The van der Waals surface area contributed by atoms with Crippen molar-refractivity contribution in [3.63, 3.8) is 0 Å². The maximum absolute atomic E-state index is 12.8. The monoisotopic (exact) mass is 355 g/mol. The maximum atomic E-state index is 12.8. The molecule has 25 heavy (non-hydrogen) atoms. The van der Waals surface area contributed by atoms with Gasteiger partial charge >= 0.3 is 5.97 Å². The number of carbonyl (C=O) groups excluding carboxylic acids is 1. The molecule has 2 aromatic heterocycles. The third-order valence-electron chi connectivity index (χ3n) is 4.97. The summed E-state index contributed by atoms with van der Waals surface area (Å²) in [6, 6.07) is 7.71. The second-order valence-electron chi connectivity index (χ2n) is 6.27. The Labute approximate surface area is 148 Å². The van der Waals surface area contributed by atoms with Crippen molar-refractivity contribution in [3.05, 3.63) is 53.9 Å². The molecule has 0 bridgehead atoms. The summed E-state index contributed by atoms with van der Waals surface area (Å²) in [6.45, 7) is 0.815. The van der Waals surface area contributed by atoms with Crippen molar-refractivity contribution in [2.75, 3.05) is 13.1 Å². The Morgan fingerprint density at radius 1 is 1.20 bits per heavy atom. The first-order chi connectivity index (χ1) is 12.1. The molecule has 6 nitrogen and oxygen atoms in total. The molecule has 128 valence electrons. The fourth-order valence-corrected chi connectivity index (χ4v) is 4.23. The van der Waals surface area contributed by atoms with Gasteiger partial charge in [-0.2, -0.15) is 0 Å². The van der Waals surface area contributed by atoms with Crippen LogP contribution in [0.25, 0.3) is 10.1 Å². The van der Waals surface area contributed by atoms with E-state index >= 15 is 0 Å². The van der Waals surface area contributed by atoms with Crippen LogP contribution in [0.15, 0.2) is 48.4 Å². The zero-order valence-electron chi connectivity index (χ0n) is 13.5. The van der Waals surface area contributed by atoms with E-state index in [1.54, 1.807) is 33.2 Å². The van der Waals surface area contributed by atoms with Crippen LogP contribution in [0.5, 0.6) is 0 Å². The van der Waals surface area contributed by atoms with Crippen LogP contribution in [-0.4, -0.2) is 44.5 Å². The number of aliphatic carboxylic acids is 1. The van der Waals surface area contributed by atoms with Gasteiger partial charge in [0.1, 0.15) is 5.54 Å². The molecule has 4 rings (SSSR count). The molecule has 1 fully saturated rings. The number of hydrogen-bond donors (Lipinski definition) is 1. The third-order valence-corrected chi connectivity index (χ3v) is 5.87. The molecule has 1 saturated heterocycles. The van der Waals surface area contributed by atoms with Gasteiger partial charge in [-0.15, -0.1) is 11.3 Å². The highest BCUT2D eigenvalue weighted by Gasteiger charge is 2.44. The van der Waals surface area contributed by atoms with E-state index in [0.29, 0.717) is 31.5 Å². The summed E-state index contributed by atoms with van der Waals surface area (Å²) in [5.41, 5.74) is -0.374. The largest absolute Gasteiger partial charge is 0.479 e. The number of thiophene rings is 1. The van der Waals surface area contributed by atoms with Gasteiger partial charge in [-0.1, -0.05) is 0 Å². The Morgan fingerprint density at radius 2 is 2.00 bits per heavy atom. The van der Waals surface area contributed by atoms with E-state index in [0.717, 1.165) is 10.1 Å². The Bertz CT molecular complexity index is 924. The average molecular weight is 355 g/mol. The lowest BCUT2D eigenvalue weighted by atomic mass is 9.87. The first kappa shape index (κ1) is 15.8. The van der Waals surface area contributed by atoms with Crippen molar-refractivity contribution >= 4 is 33.3 Å². The van der Waals surface area contributed by atoms with E-state index in [9.17, 15) is 14.7 Å². The molecule has 0 atom stereocenters. The van der Waals surface area contributed by atoms with Crippen molar-refractivity contribution in [2.45, 2.75) is 18.4 Å². The normalized spacial score (nSPS) is 16.9. The SMILES string of the molecule is O=C(c1ccc2sccc2c1)N1CCC(C(=O)O)(n2ccnc2)CC1. The molecule has 1 N–H and O–H groups in total. The van der Waals surface area contributed by atoms with Crippen LogP contribution in [0, 0.1) is 0 Å². The lowest BCUT2D eigenvalue weighted by Gasteiger charge is -2.39. The summed E-state index contributed by atoms with van der Waals surface area (Å²) in [7, 11) is 0. The number of piperidine rings is 1. The summed E-state index contributed by atoms with van der Waals surface area (Å²) in [4.78, 5) is 30.4. The molecule has 0 spiro atoms. The van der Waals surface area contributed by atoms with Gasteiger partial charge in [-0.25, -0.2) is 9.78 Å². The van der Waals surface area contributed by atoms with E-state index in [2.05, 4.69) is 4.98 Å². The van der Waals surface area contributed by atoms with Gasteiger partial charge in [0.25, 0.3) is 5.91 Å². The highest BCUT2D eigenvalue weighted by molar-refractivity contribution is 7.17. The molecule has 7 heteroatoms. The zero-order chi connectivity index (χ0) is 17.4. The van der Waals surface area contributed by atoms with Gasteiger partial charge < -0.3 is 14.6 Å². The van der Waals surface area contributed by atoms with Gasteiger partial charge in [0.2, 0.25) is 0 Å². The Balaban J connectivity index is 1.54. The number of benzene rings is 1. The first-order valence-corrected chi connectivity index (χ1v) is 8.96. The number of amides is 1. The van der Waals surface area contributed by atoms with Gasteiger partial charge in [0.05, 0.1) is 6.33 Å². The van der Waals surface area contributed by atoms with Gasteiger partial charge in [0, 0.05) is 35.7 Å². The average Bonchev–Trinajstić information content (AvgIpc) is 3.32. The minimum Gasteiger partial charge on any atom is -0.479 e. The predicted octanol–water partition coefficient (Wildman–Crippen LogP) is 2.81. The number of likely N-dealkylation sites (tertiary alicyclic amines) is 1. The summed E-state index contributed by atoms with van der Waals surface area (Å²) < 4.78 is 2.80. The fourth-order valence-electron chi connectivity index (χ4n) is 3.46. The smallest absolute Gasteiger partial charge is 0.330 e. The number of aromatic nitrogens is 2. The molecular weight excluding hydrogens is 338 g/mol. The van der Waals surface area contributed by atoms with Crippen molar-refractivity contribution in [1.29, 1.82) is 0 Å². The minimum absolute atomic E-state index is 0.0438. The van der Waals surface area contributed by atoms with E-state index < -0.39 is 11.5 Å². The van der Waals surface area contributed by atoms with Gasteiger partial charge in [0.15, 0.2) is 0 Å². The molecule has 0 unspecified atom stereocenters. The fraction of sp³-hybridized carbons (Fsp3) is 0.278. The Hall–Kier alpha value is -2.67. The lowest BCUT2D eigenvalue weighted by Crippen LogP contribution is -2.52. The summed E-state index contributed by atoms with van der Waals surface area (Å²) in [5, 5.41) is 12.8. The standard InChI is InChI=1S/C18H17N3O3S/c22-16(14-1-2-15-13(11-14)3-10-25-15)20-7-4-18(5-8-20,17(23)24)21-9-6-19-12-21/h1-3,6,9-12H,4-5,7-8H2,(H,23,24). The molecule has 1 aliphatic rings. The van der Waals surface area contributed by atoms with E-state index in [-0.39, 0.29) is 5.91 Å². The van der Waals surface area contributed by atoms with Crippen LogP contribution in [0.1, 0.15) is 23.2 Å². The van der Waals surface area contributed by atoms with E-state index in [4.69, 9.17) is 0 Å². The van der Waals surface area contributed by atoms with Crippen molar-refractivity contribution in [1.82, 2.24) is 14.5 Å². The van der Waals surface area contributed by atoms with Crippen LogP contribution < -0.4 is 0 Å². The Kier molecular flexibility index (Phi) is 3.80. The number of rotatable bonds is 3. The second-order valence-corrected chi connectivity index (χ2v) is 7.22.